The summed E-state index contributed by atoms with van der Waals surface area (Å²) in [6, 6.07) is 11.8. The van der Waals surface area contributed by atoms with Crippen LogP contribution in [0.15, 0.2) is 40.9 Å². The fourth-order valence-corrected chi connectivity index (χ4v) is 2.80. The van der Waals surface area contributed by atoms with Gasteiger partial charge in [0.15, 0.2) is 0 Å². The van der Waals surface area contributed by atoms with Crippen molar-refractivity contribution in [1.82, 2.24) is 0 Å². The molecule has 122 valence electrons. The number of hydrogen-bond donors (Lipinski definition) is 1. The van der Waals surface area contributed by atoms with Gasteiger partial charge in [-0.25, -0.2) is 0 Å². The Hall–Kier alpha value is -1.81. The maximum Gasteiger partial charge on any atom is 0.224 e. The number of rotatable bonds is 6. The van der Waals surface area contributed by atoms with E-state index < -0.39 is 0 Å². The summed E-state index contributed by atoms with van der Waals surface area (Å²) in [5.41, 5.74) is 4.33. The quantitative estimate of drug-likeness (QED) is 0.707. The Morgan fingerprint density at radius 3 is 2.30 bits per heavy atom. The second-order valence-corrected chi connectivity index (χ2v) is 6.64. The molecule has 1 amide bonds. The molecule has 2 aromatic rings. The molecular weight excluding hydrogens is 354 g/mol. The van der Waals surface area contributed by atoms with E-state index in [0.29, 0.717) is 19.4 Å². The predicted molar refractivity (Wildman–Crippen MR) is 98.2 cm³/mol. The van der Waals surface area contributed by atoms with Gasteiger partial charge in [0.25, 0.3) is 0 Å². The summed E-state index contributed by atoms with van der Waals surface area (Å²) in [6.07, 6.45) is 1.13. The molecular formula is C19H22BrNO2. The van der Waals surface area contributed by atoms with Gasteiger partial charge in [-0.3, -0.25) is 4.79 Å². The van der Waals surface area contributed by atoms with E-state index in [1.165, 1.54) is 5.56 Å². The number of aryl methyl sites for hydroxylation is 3. The Morgan fingerprint density at radius 1 is 1.09 bits per heavy atom. The lowest BCUT2D eigenvalue weighted by Gasteiger charge is -2.13. The first kappa shape index (κ1) is 17.5. The highest BCUT2D eigenvalue weighted by Crippen LogP contribution is 2.22. The number of hydrogen-bond acceptors (Lipinski definition) is 2. The third-order valence-corrected chi connectivity index (χ3v) is 4.10. The van der Waals surface area contributed by atoms with E-state index >= 15 is 0 Å². The fourth-order valence-electron chi connectivity index (χ4n) is 2.53. The van der Waals surface area contributed by atoms with E-state index in [0.717, 1.165) is 27.0 Å². The zero-order valence-corrected chi connectivity index (χ0v) is 15.4. The Bertz CT molecular complexity index is 657. The summed E-state index contributed by atoms with van der Waals surface area (Å²) in [6.45, 7) is 6.63. The summed E-state index contributed by atoms with van der Waals surface area (Å²) in [7, 11) is 0. The normalized spacial score (nSPS) is 10.4. The van der Waals surface area contributed by atoms with Crippen LogP contribution in [0.3, 0.4) is 0 Å². The number of amides is 1. The van der Waals surface area contributed by atoms with Crippen molar-refractivity contribution in [2.45, 2.75) is 33.6 Å². The third kappa shape index (κ3) is 5.39. The van der Waals surface area contributed by atoms with Gasteiger partial charge >= 0.3 is 0 Å². The summed E-state index contributed by atoms with van der Waals surface area (Å²) in [5, 5.41) is 3.01. The van der Waals surface area contributed by atoms with Gasteiger partial charge in [-0.1, -0.05) is 33.6 Å². The van der Waals surface area contributed by atoms with Gasteiger partial charge in [0.1, 0.15) is 5.75 Å². The van der Waals surface area contributed by atoms with E-state index in [1.54, 1.807) is 0 Å². The average Bonchev–Trinajstić information content (AvgIpc) is 2.49. The first-order valence-electron chi connectivity index (χ1n) is 7.72. The van der Waals surface area contributed by atoms with Gasteiger partial charge in [0.05, 0.1) is 6.61 Å². The SMILES string of the molecule is Cc1cc(C)c(NC(=O)CCCOc2ccc(Br)cc2)c(C)c1. The minimum Gasteiger partial charge on any atom is -0.494 e. The van der Waals surface area contributed by atoms with Crippen molar-refractivity contribution in [2.75, 3.05) is 11.9 Å². The molecule has 0 fully saturated rings. The van der Waals surface area contributed by atoms with Crippen LogP contribution in [0, 0.1) is 20.8 Å². The van der Waals surface area contributed by atoms with Crippen LogP contribution in [0.25, 0.3) is 0 Å². The van der Waals surface area contributed by atoms with Crippen molar-refractivity contribution in [3.05, 3.63) is 57.6 Å². The van der Waals surface area contributed by atoms with Gasteiger partial charge in [0, 0.05) is 16.6 Å². The van der Waals surface area contributed by atoms with Crippen LogP contribution in [-0.2, 0) is 4.79 Å². The van der Waals surface area contributed by atoms with Crippen molar-refractivity contribution in [2.24, 2.45) is 0 Å². The van der Waals surface area contributed by atoms with Crippen LogP contribution in [0.4, 0.5) is 5.69 Å². The number of benzene rings is 2. The molecule has 0 aliphatic rings. The second kappa shape index (κ2) is 8.16. The lowest BCUT2D eigenvalue weighted by atomic mass is 10.0. The van der Waals surface area contributed by atoms with Crippen LogP contribution in [0.1, 0.15) is 29.5 Å². The highest BCUT2D eigenvalue weighted by atomic mass is 79.9. The Balaban J connectivity index is 1.78. The summed E-state index contributed by atoms with van der Waals surface area (Å²) >= 11 is 3.39. The fraction of sp³-hybridized carbons (Fsp3) is 0.316. The van der Waals surface area contributed by atoms with E-state index in [-0.39, 0.29) is 5.91 Å². The molecule has 0 aliphatic carbocycles. The highest BCUT2D eigenvalue weighted by molar-refractivity contribution is 9.10. The molecule has 0 aromatic heterocycles. The van der Waals surface area contributed by atoms with Crippen LogP contribution in [-0.4, -0.2) is 12.5 Å². The Kier molecular flexibility index (Phi) is 6.22. The Labute approximate surface area is 146 Å². The number of nitrogens with one attached hydrogen (secondary N) is 1. The van der Waals surface area contributed by atoms with Crippen LogP contribution < -0.4 is 10.1 Å². The molecule has 0 bridgehead atoms. The largest absolute Gasteiger partial charge is 0.494 e. The first-order chi connectivity index (χ1) is 11.0. The molecule has 0 radical (unpaired) electrons. The van der Waals surface area contributed by atoms with E-state index in [2.05, 4.69) is 40.3 Å². The molecule has 0 unspecified atom stereocenters. The summed E-state index contributed by atoms with van der Waals surface area (Å²) in [5.74, 6) is 0.846. The molecule has 2 aromatic carbocycles. The maximum absolute atomic E-state index is 12.1. The maximum atomic E-state index is 12.1. The van der Waals surface area contributed by atoms with Crippen molar-refractivity contribution < 1.29 is 9.53 Å². The highest BCUT2D eigenvalue weighted by Gasteiger charge is 2.08. The van der Waals surface area contributed by atoms with Gasteiger partial charge < -0.3 is 10.1 Å². The van der Waals surface area contributed by atoms with Gasteiger partial charge in [-0.2, -0.15) is 0 Å². The van der Waals surface area contributed by atoms with Gasteiger partial charge in [0.2, 0.25) is 5.91 Å². The molecule has 0 saturated carbocycles. The van der Waals surface area contributed by atoms with Crippen molar-refractivity contribution in [3.63, 3.8) is 0 Å². The van der Waals surface area contributed by atoms with Crippen LogP contribution in [0.5, 0.6) is 5.75 Å². The number of halogens is 1. The number of ether oxygens (including phenoxy) is 1. The standard InChI is InChI=1S/C19H22BrNO2/c1-13-11-14(2)19(15(3)12-13)21-18(22)5-4-10-23-17-8-6-16(20)7-9-17/h6-9,11-12H,4-5,10H2,1-3H3,(H,21,22). The minimum atomic E-state index is 0.0273. The third-order valence-electron chi connectivity index (χ3n) is 3.57. The number of carbonyl (C=O) groups excluding carboxylic acids is 1. The molecule has 0 atom stereocenters. The predicted octanol–water partition coefficient (Wildman–Crippen LogP) is 5.17. The topological polar surface area (TPSA) is 38.3 Å². The number of carbonyl (C=O) groups is 1. The second-order valence-electron chi connectivity index (χ2n) is 5.73. The lowest BCUT2D eigenvalue weighted by Crippen LogP contribution is -2.14. The van der Waals surface area contributed by atoms with Crippen LogP contribution in [0.2, 0.25) is 0 Å². The van der Waals surface area contributed by atoms with Crippen molar-refractivity contribution in [1.29, 1.82) is 0 Å². The molecule has 0 spiro atoms. The molecule has 23 heavy (non-hydrogen) atoms. The Morgan fingerprint density at radius 2 is 1.70 bits per heavy atom. The average molecular weight is 376 g/mol. The van der Waals surface area contributed by atoms with E-state index in [9.17, 15) is 4.79 Å². The molecule has 0 aliphatic heterocycles. The minimum absolute atomic E-state index is 0.0273. The monoisotopic (exact) mass is 375 g/mol. The van der Waals surface area contributed by atoms with Crippen LogP contribution >= 0.6 is 15.9 Å². The molecule has 4 heteroatoms. The van der Waals surface area contributed by atoms with Crippen molar-refractivity contribution in [3.8, 4) is 5.75 Å². The van der Waals surface area contributed by atoms with Crippen molar-refractivity contribution >= 4 is 27.5 Å². The molecule has 0 saturated heterocycles. The summed E-state index contributed by atoms with van der Waals surface area (Å²) < 4.78 is 6.65. The van der Waals surface area contributed by atoms with E-state index in [4.69, 9.17) is 4.74 Å². The van der Waals surface area contributed by atoms with E-state index in [1.807, 2.05) is 38.1 Å². The first-order valence-corrected chi connectivity index (χ1v) is 8.51. The smallest absolute Gasteiger partial charge is 0.224 e. The lowest BCUT2D eigenvalue weighted by molar-refractivity contribution is -0.116. The van der Waals surface area contributed by atoms with Gasteiger partial charge in [-0.15, -0.1) is 0 Å². The van der Waals surface area contributed by atoms with Gasteiger partial charge in [-0.05, 0) is 62.6 Å². The molecule has 3 nitrogen and oxygen atoms in total. The zero-order chi connectivity index (χ0) is 16.8. The molecule has 0 heterocycles. The molecule has 1 N–H and O–H groups in total. The zero-order valence-electron chi connectivity index (χ0n) is 13.8. The molecule has 2 rings (SSSR count). The number of anilines is 1. The summed E-state index contributed by atoms with van der Waals surface area (Å²) in [4.78, 5) is 12.1.